The Morgan fingerprint density at radius 1 is 1.18 bits per heavy atom. The average molecular weight is 310 g/mol. The number of methoxy groups -OCH3 is 3. The molecule has 1 amide bonds. The van der Waals surface area contributed by atoms with Crippen molar-refractivity contribution >= 4 is 5.91 Å². The lowest BCUT2D eigenvalue weighted by atomic mass is 10.1. The van der Waals surface area contributed by atoms with E-state index in [1.165, 1.54) is 0 Å². The van der Waals surface area contributed by atoms with Crippen LogP contribution in [0.1, 0.15) is 18.9 Å². The van der Waals surface area contributed by atoms with Crippen molar-refractivity contribution in [2.45, 2.75) is 25.8 Å². The highest BCUT2D eigenvalue weighted by molar-refractivity contribution is 5.76. The number of carbonyl (C=O) groups is 1. The van der Waals surface area contributed by atoms with Crippen LogP contribution in [-0.4, -0.2) is 51.8 Å². The minimum absolute atomic E-state index is 0.0276. The molecule has 1 atom stereocenters. The van der Waals surface area contributed by atoms with E-state index < -0.39 is 0 Å². The van der Waals surface area contributed by atoms with Gasteiger partial charge in [0.2, 0.25) is 11.7 Å². The molecule has 0 aliphatic carbocycles. The maximum atomic E-state index is 12.2. The molecule has 0 heterocycles. The van der Waals surface area contributed by atoms with Crippen molar-refractivity contribution in [1.82, 2.24) is 4.90 Å². The summed E-state index contributed by atoms with van der Waals surface area (Å²) in [5, 5.41) is 0. The van der Waals surface area contributed by atoms with Gasteiger partial charge in [-0.25, -0.2) is 0 Å². The molecule has 1 aromatic rings. The van der Waals surface area contributed by atoms with Crippen molar-refractivity contribution in [3.63, 3.8) is 0 Å². The maximum Gasteiger partial charge on any atom is 0.222 e. The van der Waals surface area contributed by atoms with Gasteiger partial charge in [0.1, 0.15) is 0 Å². The van der Waals surface area contributed by atoms with E-state index in [0.717, 1.165) is 5.56 Å². The molecule has 0 aliphatic heterocycles. The molecule has 0 saturated heterocycles. The number of likely N-dealkylation sites (N-methyl/N-ethyl adjacent to an activating group) is 1. The second kappa shape index (κ2) is 8.48. The molecule has 0 radical (unpaired) electrons. The van der Waals surface area contributed by atoms with Gasteiger partial charge in [0, 0.05) is 26.1 Å². The van der Waals surface area contributed by atoms with Gasteiger partial charge in [0.05, 0.1) is 21.3 Å². The predicted octanol–water partition coefficient (Wildman–Crippen LogP) is 1.45. The van der Waals surface area contributed by atoms with Crippen LogP contribution in [0.25, 0.3) is 0 Å². The monoisotopic (exact) mass is 310 g/mol. The second-order valence-corrected chi connectivity index (χ2v) is 5.08. The molecule has 0 spiro atoms. The van der Waals surface area contributed by atoms with Gasteiger partial charge in [-0.05, 0) is 25.0 Å². The van der Waals surface area contributed by atoms with Crippen LogP contribution in [0, 0.1) is 0 Å². The first-order valence-electron chi connectivity index (χ1n) is 7.23. The van der Waals surface area contributed by atoms with Gasteiger partial charge in [-0.1, -0.05) is 6.07 Å². The summed E-state index contributed by atoms with van der Waals surface area (Å²) in [7, 11) is 6.48. The van der Waals surface area contributed by atoms with E-state index in [4.69, 9.17) is 19.9 Å². The van der Waals surface area contributed by atoms with Crippen LogP contribution >= 0.6 is 0 Å². The van der Waals surface area contributed by atoms with Crippen LogP contribution in [0.5, 0.6) is 17.2 Å². The summed E-state index contributed by atoms with van der Waals surface area (Å²) in [5.74, 6) is 1.79. The molecule has 22 heavy (non-hydrogen) atoms. The predicted molar refractivity (Wildman–Crippen MR) is 85.7 cm³/mol. The molecular weight excluding hydrogens is 284 g/mol. The van der Waals surface area contributed by atoms with Crippen molar-refractivity contribution in [2.75, 3.05) is 34.9 Å². The standard InChI is InChI=1S/C16H26N2O4/c1-11(10-17)18(2)14(19)9-7-12-6-8-13(20-3)16(22-5)15(12)21-4/h6,8,11H,7,9-10,17H2,1-5H3/t11-/m1/s1. The number of hydrogen-bond acceptors (Lipinski definition) is 5. The molecule has 6 heteroatoms. The smallest absolute Gasteiger partial charge is 0.222 e. The number of aryl methyl sites for hydroxylation is 1. The third-order valence-corrected chi connectivity index (χ3v) is 3.79. The first kappa shape index (κ1) is 18.1. The highest BCUT2D eigenvalue weighted by Crippen LogP contribution is 2.40. The average Bonchev–Trinajstić information content (AvgIpc) is 2.56. The first-order chi connectivity index (χ1) is 10.5. The summed E-state index contributed by atoms with van der Waals surface area (Å²) in [6, 6.07) is 3.73. The highest BCUT2D eigenvalue weighted by atomic mass is 16.5. The molecule has 124 valence electrons. The van der Waals surface area contributed by atoms with Gasteiger partial charge in [-0.3, -0.25) is 4.79 Å². The van der Waals surface area contributed by atoms with E-state index >= 15 is 0 Å². The van der Waals surface area contributed by atoms with E-state index in [0.29, 0.717) is 36.6 Å². The van der Waals surface area contributed by atoms with Crippen LogP contribution in [0.15, 0.2) is 12.1 Å². The zero-order valence-electron chi connectivity index (χ0n) is 14.0. The number of benzene rings is 1. The van der Waals surface area contributed by atoms with Gasteiger partial charge < -0.3 is 24.8 Å². The van der Waals surface area contributed by atoms with Crippen molar-refractivity contribution < 1.29 is 19.0 Å². The minimum Gasteiger partial charge on any atom is -0.493 e. The summed E-state index contributed by atoms with van der Waals surface area (Å²) >= 11 is 0. The SMILES string of the molecule is COc1ccc(CCC(=O)N(C)[C@H](C)CN)c(OC)c1OC. The summed E-state index contributed by atoms with van der Waals surface area (Å²) < 4.78 is 16.0. The zero-order chi connectivity index (χ0) is 16.7. The van der Waals surface area contributed by atoms with Crippen molar-refractivity contribution in [3.05, 3.63) is 17.7 Å². The molecule has 0 saturated carbocycles. The Morgan fingerprint density at radius 2 is 1.82 bits per heavy atom. The number of ether oxygens (including phenoxy) is 3. The van der Waals surface area contributed by atoms with Gasteiger partial charge in [0.15, 0.2) is 11.5 Å². The number of rotatable bonds is 8. The summed E-state index contributed by atoms with van der Waals surface area (Å²) in [6.45, 7) is 2.37. The Balaban J connectivity index is 2.88. The van der Waals surface area contributed by atoms with Gasteiger partial charge >= 0.3 is 0 Å². The van der Waals surface area contributed by atoms with Crippen LogP contribution < -0.4 is 19.9 Å². The number of carbonyl (C=O) groups excluding carboxylic acids is 1. The number of nitrogens with zero attached hydrogens (tertiary/aromatic N) is 1. The van der Waals surface area contributed by atoms with E-state index in [1.807, 2.05) is 19.1 Å². The van der Waals surface area contributed by atoms with Crippen LogP contribution in [0.4, 0.5) is 0 Å². The first-order valence-corrected chi connectivity index (χ1v) is 7.23. The Hall–Kier alpha value is -1.95. The highest BCUT2D eigenvalue weighted by Gasteiger charge is 2.18. The third kappa shape index (κ3) is 4.04. The van der Waals surface area contributed by atoms with Crippen LogP contribution in [0.3, 0.4) is 0 Å². The van der Waals surface area contributed by atoms with E-state index in [-0.39, 0.29) is 11.9 Å². The number of hydrogen-bond donors (Lipinski definition) is 1. The molecule has 6 nitrogen and oxygen atoms in total. The lowest BCUT2D eigenvalue weighted by molar-refractivity contribution is -0.131. The number of nitrogens with two attached hydrogens (primary N) is 1. The summed E-state index contributed by atoms with van der Waals surface area (Å²) in [5.41, 5.74) is 6.49. The summed E-state index contributed by atoms with van der Waals surface area (Å²) in [6.07, 6.45) is 0.941. The molecular formula is C16H26N2O4. The topological polar surface area (TPSA) is 74.0 Å². The molecule has 2 N–H and O–H groups in total. The zero-order valence-corrected chi connectivity index (χ0v) is 14.0. The quantitative estimate of drug-likeness (QED) is 0.786. The third-order valence-electron chi connectivity index (χ3n) is 3.79. The fourth-order valence-corrected chi connectivity index (χ4v) is 2.18. The number of amides is 1. The lowest BCUT2D eigenvalue weighted by Crippen LogP contribution is -2.39. The molecule has 0 bridgehead atoms. The lowest BCUT2D eigenvalue weighted by Gasteiger charge is -2.24. The molecule has 0 aliphatic rings. The fraction of sp³-hybridized carbons (Fsp3) is 0.562. The van der Waals surface area contributed by atoms with Crippen molar-refractivity contribution in [1.29, 1.82) is 0 Å². The van der Waals surface area contributed by atoms with Crippen LogP contribution in [0.2, 0.25) is 0 Å². The Morgan fingerprint density at radius 3 is 2.32 bits per heavy atom. The molecule has 0 unspecified atom stereocenters. The van der Waals surface area contributed by atoms with Gasteiger partial charge in [0.25, 0.3) is 0 Å². The van der Waals surface area contributed by atoms with Crippen molar-refractivity contribution in [2.24, 2.45) is 5.73 Å². The van der Waals surface area contributed by atoms with Gasteiger partial charge in [-0.15, -0.1) is 0 Å². The molecule has 0 aromatic heterocycles. The van der Waals surface area contributed by atoms with Crippen LogP contribution in [-0.2, 0) is 11.2 Å². The largest absolute Gasteiger partial charge is 0.493 e. The normalized spacial score (nSPS) is 11.7. The molecule has 1 rings (SSSR count). The molecule has 1 aromatic carbocycles. The van der Waals surface area contributed by atoms with E-state index in [1.54, 1.807) is 33.3 Å². The Labute approximate surface area is 132 Å². The molecule has 0 fully saturated rings. The van der Waals surface area contributed by atoms with E-state index in [9.17, 15) is 4.79 Å². The maximum absolute atomic E-state index is 12.2. The minimum atomic E-state index is 0.0276. The fourth-order valence-electron chi connectivity index (χ4n) is 2.18. The van der Waals surface area contributed by atoms with Gasteiger partial charge in [-0.2, -0.15) is 0 Å². The summed E-state index contributed by atoms with van der Waals surface area (Å²) in [4.78, 5) is 13.8. The second-order valence-electron chi connectivity index (χ2n) is 5.08. The Kier molecular flexibility index (Phi) is 6.98. The van der Waals surface area contributed by atoms with E-state index in [2.05, 4.69) is 0 Å². The Bertz CT molecular complexity index is 505. The van der Waals surface area contributed by atoms with Crippen molar-refractivity contribution in [3.8, 4) is 17.2 Å².